The van der Waals surface area contributed by atoms with Crippen LogP contribution in [0.3, 0.4) is 0 Å². The molecule has 1 aromatic rings. The number of nitrogens with two attached hydrogens (primary N) is 1. The van der Waals surface area contributed by atoms with Gasteiger partial charge in [-0.3, -0.25) is 0 Å². The molecule has 0 aliphatic rings. The van der Waals surface area contributed by atoms with Crippen LogP contribution in [0.15, 0.2) is 23.1 Å². The molecule has 1 aromatic carbocycles. The van der Waals surface area contributed by atoms with Gasteiger partial charge in [0, 0.05) is 6.54 Å². The van der Waals surface area contributed by atoms with Crippen LogP contribution in [0.25, 0.3) is 0 Å². The molecular weight excluding hydrogens is 243 g/mol. The Kier molecular flexibility index (Phi) is 4.10. The SMILES string of the molecule is C#CCN(CC)S(=O)(=O)c1ccc(N)c(F)c1. The number of anilines is 1. The summed E-state index contributed by atoms with van der Waals surface area (Å²) in [6.07, 6.45) is 5.08. The zero-order valence-electron chi connectivity index (χ0n) is 9.35. The highest BCUT2D eigenvalue weighted by Gasteiger charge is 2.22. The fourth-order valence-electron chi connectivity index (χ4n) is 1.29. The molecule has 0 heterocycles. The van der Waals surface area contributed by atoms with Gasteiger partial charge in [-0.1, -0.05) is 12.8 Å². The lowest BCUT2D eigenvalue weighted by Crippen LogP contribution is -2.31. The summed E-state index contributed by atoms with van der Waals surface area (Å²) in [4.78, 5) is -0.152. The normalized spacial score (nSPS) is 11.4. The molecule has 0 spiro atoms. The van der Waals surface area contributed by atoms with E-state index >= 15 is 0 Å². The summed E-state index contributed by atoms with van der Waals surface area (Å²) in [5.41, 5.74) is 5.19. The lowest BCUT2D eigenvalue weighted by atomic mass is 10.3. The second-order valence-corrected chi connectivity index (χ2v) is 5.26. The highest BCUT2D eigenvalue weighted by Crippen LogP contribution is 2.19. The molecule has 4 nitrogen and oxygen atoms in total. The van der Waals surface area contributed by atoms with E-state index < -0.39 is 15.8 Å². The number of halogens is 1. The molecule has 0 aliphatic heterocycles. The van der Waals surface area contributed by atoms with Crippen LogP contribution < -0.4 is 5.73 Å². The molecule has 1 rings (SSSR count). The van der Waals surface area contributed by atoms with Gasteiger partial charge >= 0.3 is 0 Å². The highest BCUT2D eigenvalue weighted by atomic mass is 32.2. The average molecular weight is 256 g/mol. The van der Waals surface area contributed by atoms with Crippen LogP contribution in [0.2, 0.25) is 0 Å². The first kappa shape index (κ1) is 13.5. The van der Waals surface area contributed by atoms with E-state index in [0.717, 1.165) is 10.4 Å². The smallest absolute Gasteiger partial charge is 0.244 e. The third-order valence-corrected chi connectivity index (χ3v) is 4.15. The van der Waals surface area contributed by atoms with E-state index in [0.29, 0.717) is 0 Å². The van der Waals surface area contributed by atoms with Crippen LogP contribution in [0.5, 0.6) is 0 Å². The molecule has 0 aliphatic carbocycles. The van der Waals surface area contributed by atoms with Crippen molar-refractivity contribution in [3.8, 4) is 12.3 Å². The number of terminal acetylenes is 1. The summed E-state index contributed by atoms with van der Waals surface area (Å²) < 4.78 is 38.4. The van der Waals surface area contributed by atoms with Gasteiger partial charge in [-0.05, 0) is 18.2 Å². The maximum Gasteiger partial charge on any atom is 0.244 e. The van der Waals surface area contributed by atoms with E-state index in [4.69, 9.17) is 12.2 Å². The molecular formula is C11H13FN2O2S. The van der Waals surface area contributed by atoms with Crippen LogP contribution in [-0.2, 0) is 10.0 Å². The Morgan fingerprint density at radius 3 is 2.65 bits per heavy atom. The minimum atomic E-state index is -3.76. The number of hydrogen-bond acceptors (Lipinski definition) is 3. The van der Waals surface area contributed by atoms with Crippen molar-refractivity contribution in [2.24, 2.45) is 0 Å². The van der Waals surface area contributed by atoms with E-state index in [-0.39, 0.29) is 23.7 Å². The summed E-state index contributed by atoms with van der Waals surface area (Å²) in [5.74, 6) is 1.49. The monoisotopic (exact) mass is 256 g/mol. The Labute approximate surface area is 100 Å². The van der Waals surface area contributed by atoms with Crippen molar-refractivity contribution in [2.75, 3.05) is 18.8 Å². The third kappa shape index (κ3) is 2.75. The zero-order chi connectivity index (χ0) is 13.1. The van der Waals surface area contributed by atoms with Gasteiger partial charge in [-0.15, -0.1) is 6.42 Å². The Balaban J connectivity index is 3.21. The molecule has 0 atom stereocenters. The van der Waals surface area contributed by atoms with Crippen molar-refractivity contribution in [2.45, 2.75) is 11.8 Å². The highest BCUT2D eigenvalue weighted by molar-refractivity contribution is 7.89. The topological polar surface area (TPSA) is 63.4 Å². The van der Waals surface area contributed by atoms with Gasteiger partial charge in [0.1, 0.15) is 5.82 Å². The van der Waals surface area contributed by atoms with Gasteiger partial charge in [-0.2, -0.15) is 4.31 Å². The molecule has 0 fully saturated rings. The lowest BCUT2D eigenvalue weighted by Gasteiger charge is -2.17. The number of benzene rings is 1. The maximum absolute atomic E-state index is 13.2. The van der Waals surface area contributed by atoms with Crippen molar-refractivity contribution in [3.63, 3.8) is 0 Å². The van der Waals surface area contributed by atoms with Gasteiger partial charge in [0.25, 0.3) is 0 Å². The zero-order valence-corrected chi connectivity index (χ0v) is 10.2. The number of nitrogens with zero attached hydrogens (tertiary/aromatic N) is 1. The largest absolute Gasteiger partial charge is 0.396 e. The maximum atomic E-state index is 13.2. The summed E-state index contributed by atoms with van der Waals surface area (Å²) in [5, 5.41) is 0. The Bertz CT molecular complexity index is 549. The number of hydrogen-bond donors (Lipinski definition) is 1. The van der Waals surface area contributed by atoms with Gasteiger partial charge in [-0.25, -0.2) is 12.8 Å². The standard InChI is InChI=1S/C11H13FN2O2S/c1-3-7-14(4-2)17(15,16)9-5-6-11(13)10(12)8-9/h1,5-6,8H,4,7,13H2,2H3. The fraction of sp³-hybridized carbons (Fsp3) is 0.273. The summed E-state index contributed by atoms with van der Waals surface area (Å²) >= 11 is 0. The molecule has 6 heteroatoms. The van der Waals surface area contributed by atoms with Crippen molar-refractivity contribution in [1.29, 1.82) is 0 Å². The van der Waals surface area contributed by atoms with E-state index in [1.807, 2.05) is 0 Å². The first-order chi connectivity index (χ1) is 7.93. The molecule has 0 unspecified atom stereocenters. The molecule has 0 amide bonds. The van der Waals surface area contributed by atoms with E-state index in [9.17, 15) is 12.8 Å². The predicted molar refractivity (Wildman–Crippen MR) is 64.1 cm³/mol. The second kappa shape index (κ2) is 5.17. The van der Waals surface area contributed by atoms with Crippen molar-refractivity contribution in [3.05, 3.63) is 24.0 Å². The van der Waals surface area contributed by atoms with Crippen LogP contribution in [0, 0.1) is 18.2 Å². The first-order valence-corrected chi connectivity index (χ1v) is 6.36. The van der Waals surface area contributed by atoms with Crippen molar-refractivity contribution < 1.29 is 12.8 Å². The molecule has 0 saturated heterocycles. The Hall–Kier alpha value is -1.58. The van der Waals surface area contributed by atoms with Crippen LogP contribution >= 0.6 is 0 Å². The third-order valence-electron chi connectivity index (χ3n) is 2.23. The van der Waals surface area contributed by atoms with Gasteiger partial charge in [0.05, 0.1) is 17.1 Å². The van der Waals surface area contributed by atoms with Crippen molar-refractivity contribution in [1.82, 2.24) is 4.31 Å². The molecule has 17 heavy (non-hydrogen) atoms. The predicted octanol–water partition coefficient (Wildman–Crippen LogP) is 1.05. The summed E-state index contributed by atoms with van der Waals surface area (Å²) in [7, 11) is -3.76. The quantitative estimate of drug-likeness (QED) is 0.647. The number of rotatable bonds is 4. The van der Waals surface area contributed by atoms with Crippen LogP contribution in [-0.4, -0.2) is 25.8 Å². The molecule has 2 N–H and O–H groups in total. The molecule has 0 saturated carbocycles. The fourth-order valence-corrected chi connectivity index (χ4v) is 2.66. The summed E-state index contributed by atoms with van der Waals surface area (Å²) in [6, 6.07) is 3.36. The second-order valence-electron chi connectivity index (χ2n) is 3.32. The lowest BCUT2D eigenvalue weighted by molar-refractivity contribution is 0.463. The Morgan fingerprint density at radius 2 is 2.18 bits per heavy atom. The van der Waals surface area contributed by atoms with Gasteiger partial charge in [0.15, 0.2) is 0 Å². The van der Waals surface area contributed by atoms with Crippen molar-refractivity contribution >= 4 is 15.7 Å². The molecule has 0 radical (unpaired) electrons. The van der Waals surface area contributed by atoms with Crippen LogP contribution in [0.4, 0.5) is 10.1 Å². The molecule has 92 valence electrons. The minimum absolute atomic E-state index is 0.0508. The van der Waals surface area contributed by atoms with E-state index in [1.54, 1.807) is 6.92 Å². The van der Waals surface area contributed by atoms with Gasteiger partial charge in [0.2, 0.25) is 10.0 Å². The summed E-state index contributed by atoms with van der Waals surface area (Å²) in [6.45, 7) is 1.83. The Morgan fingerprint density at radius 1 is 1.53 bits per heavy atom. The average Bonchev–Trinajstić information content (AvgIpc) is 2.29. The van der Waals surface area contributed by atoms with E-state index in [2.05, 4.69) is 5.92 Å². The van der Waals surface area contributed by atoms with E-state index in [1.165, 1.54) is 12.1 Å². The number of sulfonamides is 1. The first-order valence-electron chi connectivity index (χ1n) is 4.92. The molecule has 0 aromatic heterocycles. The number of nitrogen functional groups attached to an aromatic ring is 1. The van der Waals surface area contributed by atoms with Gasteiger partial charge < -0.3 is 5.73 Å². The molecule has 0 bridgehead atoms. The van der Waals surface area contributed by atoms with Crippen LogP contribution in [0.1, 0.15) is 6.92 Å². The minimum Gasteiger partial charge on any atom is -0.396 e.